The molecule has 17 atom stereocenters. The van der Waals surface area contributed by atoms with Gasteiger partial charge in [0.05, 0.1) is 38.6 Å². The van der Waals surface area contributed by atoms with Crippen LogP contribution >= 0.6 is 0 Å². The van der Waals surface area contributed by atoms with Gasteiger partial charge in [0.1, 0.15) is 73.2 Å². The van der Waals surface area contributed by atoms with Crippen molar-refractivity contribution in [2.75, 3.05) is 26.4 Å². The lowest BCUT2D eigenvalue weighted by Gasteiger charge is -2.48. The molecule has 19 heteroatoms. The summed E-state index contributed by atoms with van der Waals surface area (Å²) in [5.41, 5.74) is 0. The zero-order valence-electron chi connectivity index (χ0n) is 62.7. The van der Waals surface area contributed by atoms with Crippen LogP contribution in [0.2, 0.25) is 0 Å². The summed E-state index contributed by atoms with van der Waals surface area (Å²) in [5, 5.41) is 121. The van der Waals surface area contributed by atoms with Crippen LogP contribution in [-0.2, 0) is 33.2 Å². The SMILES string of the molecule is CC/C=C\C/C=C\C/C=C\C/C=C\CCCCCCCCCCCCCCCCCCCCC(=O)NC(COC1OC(CO)C(OC2OC(CO)C(OC3OC(CO)C(O)C(O)C3O)C(O)C2O)C(O)C1O)C(O)CCCCCCCCCCCCCCCCCCCCCCCCCC. The Hall–Kier alpha value is -2.25. The highest BCUT2D eigenvalue weighted by molar-refractivity contribution is 5.76. The number of carbonyl (C=O) groups excluding carboxylic acids is 1. The molecular weight excluding hydrogens is 1270 g/mol. The molecule has 0 aliphatic carbocycles. The Morgan fingerprint density at radius 3 is 1.08 bits per heavy atom. The van der Waals surface area contributed by atoms with Crippen molar-refractivity contribution in [3.63, 3.8) is 0 Å². The maximum atomic E-state index is 13.5. The van der Waals surface area contributed by atoms with Crippen LogP contribution in [0.4, 0.5) is 0 Å². The summed E-state index contributed by atoms with van der Waals surface area (Å²) < 4.78 is 34.5. The molecule has 0 spiro atoms. The number of hydrogen-bond acceptors (Lipinski definition) is 18. The van der Waals surface area contributed by atoms with Gasteiger partial charge in [-0.2, -0.15) is 0 Å². The number of aliphatic hydroxyl groups is 11. The van der Waals surface area contributed by atoms with E-state index in [1.54, 1.807) is 0 Å². The lowest BCUT2D eigenvalue weighted by atomic mass is 9.96. The van der Waals surface area contributed by atoms with Gasteiger partial charge < -0.3 is 89.9 Å². The Labute approximate surface area is 605 Å². The number of allylic oxidation sites excluding steroid dienone is 8. The summed E-state index contributed by atoms with van der Waals surface area (Å²) in [7, 11) is 0. The average Bonchev–Trinajstić information content (AvgIpc) is 0.783. The minimum atomic E-state index is -1.97. The van der Waals surface area contributed by atoms with E-state index in [9.17, 15) is 61.0 Å². The molecule has 12 N–H and O–H groups in total. The molecule has 100 heavy (non-hydrogen) atoms. The van der Waals surface area contributed by atoms with Crippen molar-refractivity contribution in [1.82, 2.24) is 5.32 Å². The fourth-order valence-corrected chi connectivity index (χ4v) is 13.9. The predicted octanol–water partition coefficient (Wildman–Crippen LogP) is 13.7. The summed E-state index contributed by atoms with van der Waals surface area (Å²) in [6.45, 7) is 1.74. The molecule has 19 nitrogen and oxygen atoms in total. The summed E-state index contributed by atoms with van der Waals surface area (Å²) in [6, 6.07) is -0.888. The molecule has 0 saturated carbocycles. The quantitative estimate of drug-likeness (QED) is 0.0199. The van der Waals surface area contributed by atoms with Crippen LogP contribution in [0.25, 0.3) is 0 Å². The van der Waals surface area contributed by atoms with Gasteiger partial charge in [-0.15, -0.1) is 0 Å². The number of ether oxygens (including phenoxy) is 6. The second kappa shape index (κ2) is 61.9. The maximum absolute atomic E-state index is 13.5. The fourth-order valence-electron chi connectivity index (χ4n) is 13.9. The Balaban J connectivity index is 1.35. The molecule has 17 unspecified atom stereocenters. The third-order valence-electron chi connectivity index (χ3n) is 20.4. The van der Waals surface area contributed by atoms with E-state index in [1.807, 2.05) is 0 Å². The first-order chi connectivity index (χ1) is 48.8. The maximum Gasteiger partial charge on any atom is 0.220 e. The number of rotatable bonds is 65. The van der Waals surface area contributed by atoms with Gasteiger partial charge in [-0.1, -0.05) is 319 Å². The summed E-state index contributed by atoms with van der Waals surface area (Å²) in [6.07, 6.45) is 50.5. The average molecular weight is 1430 g/mol. The van der Waals surface area contributed by atoms with Gasteiger partial charge in [0.25, 0.3) is 0 Å². The van der Waals surface area contributed by atoms with E-state index >= 15 is 0 Å². The van der Waals surface area contributed by atoms with E-state index in [4.69, 9.17) is 28.4 Å². The van der Waals surface area contributed by atoms with Crippen LogP contribution in [0.3, 0.4) is 0 Å². The molecule has 0 aromatic carbocycles. The molecule has 3 aliphatic rings. The standard InChI is InChI=1S/C81H149NO18/c1-3-5-7-9-11-13-15-17-19-21-23-25-27-29-30-31-32-33-34-35-37-39-41-43-45-47-49-51-53-55-57-59-69(87)82-64(65(86)58-56-54-52-50-48-46-44-42-40-38-36-28-26-24-22-20-18-16-14-12-10-8-6-4-2)63-95-79-75(93)72(90)77(67(61-84)97-79)100-81-76(94)73(91)78(68(62-85)98-81)99-80-74(92)71(89)70(88)66(60-83)96-80/h5,7,11,13,17,19,23,25,64-68,70-81,83-86,88-94H,3-4,6,8-10,12,14-16,18,20-22,24,26-63H2,1-2H3,(H,82,87)/b7-5-,13-11-,19-17-,25-23-. The molecule has 0 aromatic rings. The van der Waals surface area contributed by atoms with Crippen LogP contribution in [0.5, 0.6) is 0 Å². The summed E-state index contributed by atoms with van der Waals surface area (Å²) >= 11 is 0. The van der Waals surface area contributed by atoms with Crippen molar-refractivity contribution in [3.05, 3.63) is 48.6 Å². The molecule has 0 bridgehead atoms. The van der Waals surface area contributed by atoms with Crippen molar-refractivity contribution in [2.45, 2.75) is 433 Å². The molecule has 1 amide bonds. The zero-order chi connectivity index (χ0) is 72.5. The van der Waals surface area contributed by atoms with Crippen molar-refractivity contribution < 1.29 is 89.4 Å². The van der Waals surface area contributed by atoms with Crippen LogP contribution in [-0.4, -0.2) is 193 Å². The molecule has 586 valence electrons. The highest BCUT2D eigenvalue weighted by Crippen LogP contribution is 2.33. The zero-order valence-corrected chi connectivity index (χ0v) is 62.7. The third kappa shape index (κ3) is 41.6. The molecule has 3 heterocycles. The second-order valence-electron chi connectivity index (χ2n) is 29.2. The van der Waals surface area contributed by atoms with Gasteiger partial charge in [-0.25, -0.2) is 0 Å². The molecule has 3 rings (SSSR count). The first-order valence-electron chi connectivity index (χ1n) is 40.9. The normalized spacial score (nSPS) is 26.7. The number of carbonyl (C=O) groups is 1. The Morgan fingerprint density at radius 1 is 0.370 bits per heavy atom. The Kier molecular flexibility index (Phi) is 56.9. The van der Waals surface area contributed by atoms with Crippen molar-refractivity contribution >= 4 is 5.91 Å². The number of aliphatic hydroxyl groups excluding tert-OH is 11. The Morgan fingerprint density at radius 2 is 0.690 bits per heavy atom. The molecule has 0 radical (unpaired) electrons. The van der Waals surface area contributed by atoms with E-state index < -0.39 is 124 Å². The lowest BCUT2D eigenvalue weighted by Crippen LogP contribution is -2.66. The lowest BCUT2D eigenvalue weighted by molar-refractivity contribution is -0.379. The predicted molar refractivity (Wildman–Crippen MR) is 397 cm³/mol. The summed E-state index contributed by atoms with van der Waals surface area (Å²) in [4.78, 5) is 13.5. The highest BCUT2D eigenvalue weighted by Gasteiger charge is 2.54. The van der Waals surface area contributed by atoms with E-state index in [1.165, 1.54) is 225 Å². The largest absolute Gasteiger partial charge is 0.394 e. The fraction of sp³-hybridized carbons (Fsp3) is 0.889. The van der Waals surface area contributed by atoms with E-state index in [0.29, 0.717) is 12.8 Å². The molecule has 3 saturated heterocycles. The molecular formula is C81H149NO18. The van der Waals surface area contributed by atoms with Crippen molar-refractivity contribution in [1.29, 1.82) is 0 Å². The first kappa shape index (κ1) is 92.0. The molecule has 3 fully saturated rings. The number of amides is 1. The number of nitrogens with one attached hydrogen (secondary N) is 1. The van der Waals surface area contributed by atoms with E-state index in [-0.39, 0.29) is 18.9 Å². The van der Waals surface area contributed by atoms with Gasteiger partial charge in [0, 0.05) is 6.42 Å². The van der Waals surface area contributed by atoms with Gasteiger partial charge in [0.2, 0.25) is 5.91 Å². The van der Waals surface area contributed by atoms with Gasteiger partial charge in [0.15, 0.2) is 18.9 Å². The minimum absolute atomic E-state index is 0.237. The van der Waals surface area contributed by atoms with Gasteiger partial charge >= 0.3 is 0 Å². The van der Waals surface area contributed by atoms with Crippen LogP contribution in [0.15, 0.2) is 48.6 Å². The van der Waals surface area contributed by atoms with E-state index in [2.05, 4.69) is 67.8 Å². The van der Waals surface area contributed by atoms with Crippen molar-refractivity contribution in [2.24, 2.45) is 0 Å². The second-order valence-corrected chi connectivity index (χ2v) is 29.2. The molecule has 3 aliphatic heterocycles. The Bertz CT molecular complexity index is 1990. The topological polar surface area (TPSA) is 307 Å². The third-order valence-corrected chi connectivity index (χ3v) is 20.4. The number of hydrogen-bond donors (Lipinski definition) is 12. The van der Waals surface area contributed by atoms with Crippen LogP contribution < -0.4 is 5.32 Å². The first-order valence-corrected chi connectivity index (χ1v) is 40.9. The smallest absolute Gasteiger partial charge is 0.220 e. The minimum Gasteiger partial charge on any atom is -0.394 e. The van der Waals surface area contributed by atoms with Crippen molar-refractivity contribution in [3.8, 4) is 0 Å². The van der Waals surface area contributed by atoms with Crippen LogP contribution in [0.1, 0.15) is 328 Å². The van der Waals surface area contributed by atoms with Gasteiger partial charge in [-0.3, -0.25) is 4.79 Å². The monoisotopic (exact) mass is 1420 g/mol. The van der Waals surface area contributed by atoms with Gasteiger partial charge in [-0.05, 0) is 51.4 Å². The van der Waals surface area contributed by atoms with Crippen LogP contribution in [0, 0.1) is 0 Å². The molecule has 0 aromatic heterocycles. The summed E-state index contributed by atoms with van der Waals surface area (Å²) in [5.74, 6) is -0.237. The van der Waals surface area contributed by atoms with E-state index in [0.717, 1.165) is 70.6 Å². The highest BCUT2D eigenvalue weighted by atomic mass is 16.8. The number of unbranched alkanes of at least 4 members (excludes halogenated alkanes) is 41.